The lowest BCUT2D eigenvalue weighted by Gasteiger charge is -2.34. The molecule has 0 amide bonds. The van der Waals surface area contributed by atoms with Gasteiger partial charge in [0.15, 0.2) is 0 Å². The van der Waals surface area contributed by atoms with E-state index in [1.165, 1.54) is 11.1 Å². The van der Waals surface area contributed by atoms with E-state index in [1.54, 1.807) is 6.07 Å². The topological polar surface area (TPSA) is 80.9 Å². The molecule has 2 aromatic rings. The molecule has 0 spiro atoms. The minimum absolute atomic E-state index is 0.294. The average molecular weight is 373 g/mol. The molecule has 2 rings (SSSR count). The SMILES string of the molecule is CC(C)c1ccc(-c2ccccc2C(O)C(CO)(CO)CO)c(C(C)C)c1. The lowest BCUT2D eigenvalue weighted by atomic mass is 9.77. The Hall–Kier alpha value is -1.72. The lowest BCUT2D eigenvalue weighted by molar-refractivity contribution is -0.0849. The second-order valence-corrected chi connectivity index (χ2v) is 7.98. The van der Waals surface area contributed by atoms with Crippen LogP contribution in [0.4, 0.5) is 0 Å². The summed E-state index contributed by atoms with van der Waals surface area (Å²) in [6.45, 7) is 7.06. The van der Waals surface area contributed by atoms with Crippen molar-refractivity contribution in [1.82, 2.24) is 0 Å². The highest BCUT2D eigenvalue weighted by atomic mass is 16.3. The van der Waals surface area contributed by atoms with Gasteiger partial charge in [0, 0.05) is 0 Å². The summed E-state index contributed by atoms with van der Waals surface area (Å²) < 4.78 is 0. The molecule has 0 aliphatic rings. The van der Waals surface area contributed by atoms with Gasteiger partial charge in [-0.05, 0) is 39.7 Å². The molecule has 1 unspecified atom stereocenters. The minimum atomic E-state index is -1.40. The maximum absolute atomic E-state index is 11.0. The number of rotatable bonds is 8. The van der Waals surface area contributed by atoms with Gasteiger partial charge in [-0.2, -0.15) is 0 Å². The van der Waals surface area contributed by atoms with Crippen molar-refractivity contribution in [3.8, 4) is 11.1 Å². The van der Waals surface area contributed by atoms with E-state index in [2.05, 4.69) is 45.9 Å². The lowest BCUT2D eigenvalue weighted by Crippen LogP contribution is -2.40. The van der Waals surface area contributed by atoms with Gasteiger partial charge in [-0.1, -0.05) is 70.2 Å². The standard InChI is InChI=1S/C23H32O4/c1-15(2)17-9-10-19(21(11-17)16(3)4)18-7-5-6-8-20(18)22(27)23(12-24,13-25)14-26/h5-11,15-16,22,24-27H,12-14H2,1-4H3. The largest absolute Gasteiger partial charge is 0.395 e. The molecule has 4 heteroatoms. The molecule has 0 saturated heterocycles. The molecular formula is C23H32O4. The fraction of sp³-hybridized carbons (Fsp3) is 0.478. The number of hydrogen-bond donors (Lipinski definition) is 4. The average Bonchev–Trinajstić information content (AvgIpc) is 2.69. The van der Waals surface area contributed by atoms with E-state index in [0.717, 1.165) is 11.1 Å². The van der Waals surface area contributed by atoms with Crippen molar-refractivity contribution < 1.29 is 20.4 Å². The molecule has 0 saturated carbocycles. The molecule has 0 aromatic heterocycles. The number of hydrogen-bond acceptors (Lipinski definition) is 4. The van der Waals surface area contributed by atoms with Crippen LogP contribution >= 0.6 is 0 Å². The van der Waals surface area contributed by atoms with Crippen LogP contribution in [0.3, 0.4) is 0 Å². The highest BCUT2D eigenvalue weighted by Gasteiger charge is 2.38. The van der Waals surface area contributed by atoms with E-state index in [-0.39, 0.29) is 0 Å². The molecule has 0 aliphatic heterocycles. The summed E-state index contributed by atoms with van der Waals surface area (Å²) in [5.41, 5.74) is 3.51. The highest BCUT2D eigenvalue weighted by molar-refractivity contribution is 5.72. The summed E-state index contributed by atoms with van der Waals surface area (Å²) in [4.78, 5) is 0. The van der Waals surface area contributed by atoms with Crippen LogP contribution in [-0.4, -0.2) is 40.2 Å². The predicted molar refractivity (Wildman–Crippen MR) is 109 cm³/mol. The van der Waals surface area contributed by atoms with E-state index < -0.39 is 31.3 Å². The molecule has 2 aromatic carbocycles. The molecule has 0 fully saturated rings. The van der Waals surface area contributed by atoms with Crippen LogP contribution in [0.2, 0.25) is 0 Å². The predicted octanol–water partition coefficient (Wildman–Crippen LogP) is 3.60. The fourth-order valence-corrected chi connectivity index (χ4v) is 3.38. The second kappa shape index (κ2) is 8.98. The van der Waals surface area contributed by atoms with Crippen molar-refractivity contribution >= 4 is 0 Å². The number of aliphatic hydroxyl groups is 4. The van der Waals surface area contributed by atoms with Gasteiger partial charge in [0.2, 0.25) is 0 Å². The Morgan fingerprint density at radius 2 is 1.30 bits per heavy atom. The van der Waals surface area contributed by atoms with E-state index in [4.69, 9.17) is 0 Å². The summed E-state index contributed by atoms with van der Waals surface area (Å²) in [5, 5.41) is 40.2. The molecule has 27 heavy (non-hydrogen) atoms. The van der Waals surface area contributed by atoms with Crippen molar-refractivity contribution in [3.63, 3.8) is 0 Å². The Morgan fingerprint density at radius 3 is 1.81 bits per heavy atom. The van der Waals surface area contributed by atoms with E-state index in [1.807, 2.05) is 18.2 Å². The molecule has 0 bridgehead atoms. The Balaban J connectivity index is 2.65. The van der Waals surface area contributed by atoms with Gasteiger partial charge in [0.1, 0.15) is 0 Å². The molecular weight excluding hydrogens is 340 g/mol. The van der Waals surface area contributed by atoms with Crippen LogP contribution < -0.4 is 0 Å². The fourth-order valence-electron chi connectivity index (χ4n) is 3.38. The van der Waals surface area contributed by atoms with Gasteiger partial charge in [0.25, 0.3) is 0 Å². The Labute approximate surface area is 162 Å². The second-order valence-electron chi connectivity index (χ2n) is 7.98. The van der Waals surface area contributed by atoms with Crippen molar-refractivity contribution in [2.45, 2.75) is 45.6 Å². The van der Waals surface area contributed by atoms with Gasteiger partial charge >= 0.3 is 0 Å². The molecule has 4 N–H and O–H groups in total. The molecule has 4 nitrogen and oxygen atoms in total. The molecule has 0 radical (unpaired) electrons. The zero-order valence-electron chi connectivity index (χ0n) is 16.7. The minimum Gasteiger partial charge on any atom is -0.395 e. The summed E-state index contributed by atoms with van der Waals surface area (Å²) >= 11 is 0. The van der Waals surface area contributed by atoms with Crippen LogP contribution in [-0.2, 0) is 0 Å². The van der Waals surface area contributed by atoms with Gasteiger partial charge in [-0.25, -0.2) is 0 Å². The molecule has 0 heterocycles. The third-order valence-corrected chi connectivity index (χ3v) is 5.43. The normalized spacial score (nSPS) is 13.4. The van der Waals surface area contributed by atoms with E-state index in [0.29, 0.717) is 17.4 Å². The monoisotopic (exact) mass is 372 g/mol. The Bertz CT molecular complexity index is 740. The number of aliphatic hydroxyl groups excluding tert-OH is 4. The number of benzene rings is 2. The zero-order chi connectivity index (χ0) is 20.2. The van der Waals surface area contributed by atoms with Crippen LogP contribution in [0.15, 0.2) is 42.5 Å². The third-order valence-electron chi connectivity index (χ3n) is 5.43. The molecule has 0 aliphatic carbocycles. The quantitative estimate of drug-likeness (QED) is 0.571. The molecule has 1 atom stereocenters. The van der Waals surface area contributed by atoms with Crippen molar-refractivity contribution in [2.24, 2.45) is 5.41 Å². The van der Waals surface area contributed by atoms with Gasteiger partial charge in [0.05, 0.1) is 31.3 Å². The first-order chi connectivity index (χ1) is 12.8. The summed E-state index contributed by atoms with van der Waals surface area (Å²) in [7, 11) is 0. The van der Waals surface area contributed by atoms with Crippen molar-refractivity contribution in [3.05, 3.63) is 59.2 Å². The Kier molecular flexibility index (Phi) is 7.18. The molecule has 148 valence electrons. The third kappa shape index (κ3) is 4.25. The first-order valence-electron chi connectivity index (χ1n) is 9.55. The Morgan fingerprint density at radius 1 is 0.741 bits per heavy atom. The first-order valence-corrected chi connectivity index (χ1v) is 9.55. The van der Waals surface area contributed by atoms with E-state index >= 15 is 0 Å². The van der Waals surface area contributed by atoms with Gasteiger partial charge in [-0.15, -0.1) is 0 Å². The summed E-state index contributed by atoms with van der Waals surface area (Å²) in [6, 6.07) is 13.8. The van der Waals surface area contributed by atoms with Crippen LogP contribution in [0, 0.1) is 5.41 Å². The van der Waals surface area contributed by atoms with Crippen LogP contribution in [0.25, 0.3) is 11.1 Å². The van der Waals surface area contributed by atoms with Crippen molar-refractivity contribution in [2.75, 3.05) is 19.8 Å². The smallest absolute Gasteiger partial charge is 0.0918 e. The first kappa shape index (κ1) is 21.6. The maximum Gasteiger partial charge on any atom is 0.0918 e. The zero-order valence-corrected chi connectivity index (χ0v) is 16.7. The summed E-state index contributed by atoms with van der Waals surface area (Å²) in [6.07, 6.45) is -1.20. The van der Waals surface area contributed by atoms with Gasteiger partial charge < -0.3 is 20.4 Å². The van der Waals surface area contributed by atoms with Crippen LogP contribution in [0.1, 0.15) is 62.3 Å². The van der Waals surface area contributed by atoms with Crippen LogP contribution in [0.5, 0.6) is 0 Å². The van der Waals surface area contributed by atoms with Crippen molar-refractivity contribution in [1.29, 1.82) is 0 Å². The summed E-state index contributed by atoms with van der Waals surface area (Å²) in [5.74, 6) is 0.713. The highest BCUT2D eigenvalue weighted by Crippen LogP contribution is 2.41. The van der Waals surface area contributed by atoms with E-state index in [9.17, 15) is 20.4 Å². The maximum atomic E-state index is 11.0. The van der Waals surface area contributed by atoms with Gasteiger partial charge in [-0.3, -0.25) is 0 Å².